The maximum absolute atomic E-state index is 12.8. The van der Waals surface area contributed by atoms with Gasteiger partial charge in [-0.05, 0) is 19.3 Å². The second kappa shape index (κ2) is 16.0. The summed E-state index contributed by atoms with van der Waals surface area (Å²) in [6.07, 6.45) is 0.247. The number of amides is 4. The van der Waals surface area contributed by atoms with E-state index in [1.54, 1.807) is 0 Å². The van der Waals surface area contributed by atoms with E-state index >= 15 is 0 Å². The quantitative estimate of drug-likeness (QED) is 0.0421. The number of nitrogens with one attached hydrogen (secondary N) is 3. The van der Waals surface area contributed by atoms with E-state index in [1.807, 2.05) is 0 Å². The molecule has 0 aromatic heterocycles. The first-order valence-corrected chi connectivity index (χ1v) is 11.1. The van der Waals surface area contributed by atoms with Gasteiger partial charge in [-0.25, -0.2) is 4.79 Å². The van der Waals surface area contributed by atoms with Crippen molar-refractivity contribution in [2.45, 2.75) is 49.9 Å². The van der Waals surface area contributed by atoms with Crippen molar-refractivity contribution in [3.63, 3.8) is 0 Å². The van der Waals surface area contributed by atoms with Gasteiger partial charge in [0.1, 0.15) is 18.1 Å². The van der Waals surface area contributed by atoms with Crippen molar-refractivity contribution in [1.29, 1.82) is 0 Å². The summed E-state index contributed by atoms with van der Waals surface area (Å²) in [6.45, 7) is 0.175. The summed E-state index contributed by atoms with van der Waals surface area (Å²) in [5, 5.41) is 16.2. The van der Waals surface area contributed by atoms with Gasteiger partial charge in [0, 0.05) is 24.5 Å². The molecule has 0 aromatic carbocycles. The number of rotatable bonds is 16. The fourth-order valence-electron chi connectivity index (χ4n) is 2.40. The highest BCUT2D eigenvalue weighted by atomic mass is 32.1. The Kier molecular flexibility index (Phi) is 14.7. The summed E-state index contributed by atoms with van der Waals surface area (Å²) in [7, 11) is 0. The van der Waals surface area contributed by atoms with Gasteiger partial charge in [0.05, 0.1) is 6.04 Å². The first kappa shape index (κ1) is 30.3. The lowest BCUT2D eigenvalue weighted by Gasteiger charge is -2.24. The zero-order valence-corrected chi connectivity index (χ0v) is 19.7. The number of hydrogen-bond donors (Lipinski definition) is 10. The second-order valence-corrected chi connectivity index (χ2v) is 7.68. The predicted molar refractivity (Wildman–Crippen MR) is 127 cm³/mol. The number of nitrogens with zero attached hydrogens (tertiary/aromatic N) is 1. The Hall–Kier alpha value is -2.72. The van der Waals surface area contributed by atoms with Crippen molar-refractivity contribution >= 4 is 60.8 Å². The Morgan fingerprint density at radius 2 is 1.33 bits per heavy atom. The number of nitrogens with two attached hydrogens (primary N) is 4. The minimum atomic E-state index is -1.29. The Labute approximate surface area is 201 Å². The third-order valence-electron chi connectivity index (χ3n) is 4.23. The van der Waals surface area contributed by atoms with Gasteiger partial charge >= 0.3 is 5.97 Å². The van der Waals surface area contributed by atoms with Crippen LogP contribution in [0.2, 0.25) is 0 Å². The van der Waals surface area contributed by atoms with Gasteiger partial charge < -0.3 is 44.0 Å². The topological polar surface area (TPSA) is 258 Å². The van der Waals surface area contributed by atoms with E-state index < -0.39 is 53.8 Å². The molecule has 0 saturated carbocycles. The molecule has 0 aliphatic heterocycles. The second-order valence-electron chi connectivity index (χ2n) is 6.95. The Morgan fingerprint density at radius 3 is 1.82 bits per heavy atom. The molecule has 4 unspecified atom stereocenters. The molecule has 33 heavy (non-hydrogen) atoms. The van der Waals surface area contributed by atoms with Crippen LogP contribution in [-0.4, -0.2) is 82.9 Å². The molecular weight excluding hydrogens is 476 g/mol. The maximum atomic E-state index is 12.8. The lowest BCUT2D eigenvalue weighted by atomic mass is 10.1. The number of primary amides is 1. The summed E-state index contributed by atoms with van der Waals surface area (Å²) in [4.78, 5) is 63.3. The largest absolute Gasteiger partial charge is 0.480 e. The number of hydrogen-bond acceptors (Lipinski definition) is 9. The molecule has 0 fully saturated rings. The van der Waals surface area contributed by atoms with Gasteiger partial charge in [0.2, 0.25) is 23.6 Å². The fraction of sp³-hybridized carbons (Fsp3) is 0.647. The summed E-state index contributed by atoms with van der Waals surface area (Å²) in [5.74, 6) is -4.61. The number of aliphatic carboxylic acids is 1. The first-order chi connectivity index (χ1) is 15.4. The van der Waals surface area contributed by atoms with Crippen LogP contribution in [0, 0.1) is 0 Å². The molecule has 0 aliphatic carbocycles. The molecule has 4 atom stereocenters. The normalized spacial score (nSPS) is 14.2. The van der Waals surface area contributed by atoms with Crippen LogP contribution < -0.4 is 38.9 Å². The highest BCUT2D eigenvalue weighted by Crippen LogP contribution is 2.03. The minimum Gasteiger partial charge on any atom is -0.480 e. The molecule has 0 radical (unpaired) electrons. The van der Waals surface area contributed by atoms with Gasteiger partial charge in [-0.3, -0.25) is 24.2 Å². The van der Waals surface area contributed by atoms with Crippen LogP contribution in [-0.2, 0) is 24.0 Å². The molecule has 0 bridgehead atoms. The Morgan fingerprint density at radius 1 is 0.818 bits per heavy atom. The summed E-state index contributed by atoms with van der Waals surface area (Å²) in [6, 6.07) is -4.68. The molecule has 12 N–H and O–H groups in total. The number of thiol groups is 2. The standard InChI is InChI=1S/C17H32N8O6S2/c18-8(3-4-12(19)26)13(27)23-9(2-1-5-22-17(20)21)14(28)24-10(6-32)15(29)25-11(7-33)16(30)31/h8-11,32-33H,1-7,18H2,(H2,19,26)(H,23,27)(H,24,28)(H,25,29)(H,30,31)(H4,20,21,22). The summed E-state index contributed by atoms with van der Waals surface area (Å²) < 4.78 is 0. The maximum Gasteiger partial charge on any atom is 0.327 e. The van der Waals surface area contributed by atoms with Crippen molar-refractivity contribution < 1.29 is 29.1 Å². The van der Waals surface area contributed by atoms with Crippen molar-refractivity contribution in [2.75, 3.05) is 18.1 Å². The van der Waals surface area contributed by atoms with Crippen LogP contribution in [0.15, 0.2) is 4.99 Å². The molecule has 0 heterocycles. The van der Waals surface area contributed by atoms with Crippen LogP contribution >= 0.6 is 25.3 Å². The monoisotopic (exact) mass is 508 g/mol. The van der Waals surface area contributed by atoms with E-state index in [9.17, 15) is 24.0 Å². The fourth-order valence-corrected chi connectivity index (χ4v) is 2.91. The van der Waals surface area contributed by atoms with Crippen molar-refractivity contribution in [3.05, 3.63) is 0 Å². The molecule has 0 aliphatic rings. The van der Waals surface area contributed by atoms with Gasteiger partial charge in [-0.2, -0.15) is 25.3 Å². The number of aliphatic imine (C=N–C) groups is 1. The minimum absolute atomic E-state index is 0.0223. The average molecular weight is 509 g/mol. The Balaban J connectivity index is 5.28. The zero-order valence-electron chi connectivity index (χ0n) is 17.9. The van der Waals surface area contributed by atoms with Gasteiger partial charge in [-0.1, -0.05) is 0 Å². The summed E-state index contributed by atoms with van der Waals surface area (Å²) in [5.41, 5.74) is 21.3. The van der Waals surface area contributed by atoms with Crippen LogP contribution in [0.25, 0.3) is 0 Å². The lowest BCUT2D eigenvalue weighted by molar-refractivity contribution is -0.141. The molecule has 16 heteroatoms. The van der Waals surface area contributed by atoms with Crippen molar-refractivity contribution in [1.82, 2.24) is 16.0 Å². The van der Waals surface area contributed by atoms with Crippen LogP contribution in [0.4, 0.5) is 0 Å². The smallest absolute Gasteiger partial charge is 0.327 e. The summed E-state index contributed by atoms with van der Waals surface area (Å²) >= 11 is 7.88. The molecule has 0 rings (SSSR count). The molecule has 188 valence electrons. The van der Waals surface area contributed by atoms with E-state index in [0.29, 0.717) is 6.42 Å². The van der Waals surface area contributed by atoms with E-state index in [1.165, 1.54) is 0 Å². The van der Waals surface area contributed by atoms with E-state index in [0.717, 1.165) is 0 Å². The molecular formula is C17H32N8O6S2. The highest BCUT2D eigenvalue weighted by molar-refractivity contribution is 7.80. The number of carboxylic acid groups (broad SMARTS) is 1. The highest BCUT2D eigenvalue weighted by Gasteiger charge is 2.29. The third-order valence-corrected chi connectivity index (χ3v) is 4.96. The number of carboxylic acids is 1. The van der Waals surface area contributed by atoms with E-state index in [-0.39, 0.29) is 43.3 Å². The molecule has 0 aromatic rings. The third kappa shape index (κ3) is 12.8. The zero-order chi connectivity index (χ0) is 25.6. The van der Waals surface area contributed by atoms with Crippen LogP contribution in [0.3, 0.4) is 0 Å². The average Bonchev–Trinajstić information content (AvgIpc) is 2.74. The van der Waals surface area contributed by atoms with Crippen molar-refractivity contribution in [3.8, 4) is 0 Å². The molecule has 14 nitrogen and oxygen atoms in total. The number of carbonyl (C=O) groups excluding carboxylic acids is 4. The van der Waals surface area contributed by atoms with Crippen LogP contribution in [0.5, 0.6) is 0 Å². The molecule has 0 saturated heterocycles. The van der Waals surface area contributed by atoms with Gasteiger partial charge in [0.15, 0.2) is 5.96 Å². The van der Waals surface area contributed by atoms with Gasteiger partial charge in [0.25, 0.3) is 0 Å². The van der Waals surface area contributed by atoms with Crippen LogP contribution in [0.1, 0.15) is 25.7 Å². The van der Waals surface area contributed by atoms with Gasteiger partial charge in [-0.15, -0.1) is 0 Å². The lowest BCUT2D eigenvalue weighted by Crippen LogP contribution is -2.57. The molecule has 4 amide bonds. The first-order valence-electron chi connectivity index (χ1n) is 9.87. The van der Waals surface area contributed by atoms with Crippen molar-refractivity contribution in [2.24, 2.45) is 27.9 Å². The number of carbonyl (C=O) groups is 5. The molecule has 0 spiro atoms. The Bertz CT molecular complexity index is 734. The van der Waals surface area contributed by atoms with E-state index in [2.05, 4.69) is 46.2 Å². The number of guanidine groups is 1. The SMILES string of the molecule is NC(=O)CCC(N)C(=O)NC(CCCN=C(N)N)C(=O)NC(CS)C(=O)NC(CS)C(=O)O. The van der Waals surface area contributed by atoms with E-state index in [4.69, 9.17) is 28.0 Å². The predicted octanol–water partition coefficient (Wildman–Crippen LogP) is -3.97.